The van der Waals surface area contributed by atoms with Crippen LogP contribution in [-0.4, -0.2) is 64.0 Å². The normalized spacial score (nSPS) is 11.9. The number of hydrogen-bond acceptors (Lipinski definition) is 5. The molecule has 6 nitrogen and oxygen atoms in total. The van der Waals surface area contributed by atoms with Crippen molar-refractivity contribution in [2.75, 3.05) is 44.9 Å². The number of nitrogens with one attached hydrogen (secondary N) is 1. The van der Waals surface area contributed by atoms with Gasteiger partial charge in [-0.25, -0.2) is 8.42 Å². The third-order valence-electron chi connectivity index (χ3n) is 2.68. The van der Waals surface area contributed by atoms with Gasteiger partial charge in [-0.3, -0.25) is 5.41 Å². The summed E-state index contributed by atoms with van der Waals surface area (Å²) in [5.41, 5.74) is 5.32. The second-order valence-corrected chi connectivity index (χ2v) is 6.67. The third-order valence-corrected chi connectivity index (χ3v) is 4.47. The molecule has 0 fully saturated rings. The van der Waals surface area contributed by atoms with E-state index >= 15 is 0 Å². The molecule has 0 radical (unpaired) electrons. The van der Waals surface area contributed by atoms with Crippen LogP contribution in [0.2, 0.25) is 0 Å². The van der Waals surface area contributed by atoms with E-state index in [0.717, 1.165) is 6.54 Å². The molecule has 0 aliphatic rings. The maximum Gasteiger partial charge on any atom is 0.150 e. The van der Waals surface area contributed by atoms with Gasteiger partial charge in [0.05, 0.1) is 18.2 Å². The lowest BCUT2D eigenvalue weighted by Gasteiger charge is -2.21. The minimum Gasteiger partial charge on any atom is -0.388 e. The number of ether oxygens (including phenoxy) is 1. The Morgan fingerprint density at radius 1 is 1.33 bits per heavy atom. The molecule has 7 heteroatoms. The summed E-state index contributed by atoms with van der Waals surface area (Å²) >= 11 is 0. The summed E-state index contributed by atoms with van der Waals surface area (Å²) in [5.74, 6) is 0.560. The minimum absolute atomic E-state index is 0.151. The Labute approximate surface area is 110 Å². The molecule has 0 aromatic rings. The molecule has 0 unspecified atom stereocenters. The molecule has 0 atom stereocenters. The van der Waals surface area contributed by atoms with E-state index in [-0.39, 0.29) is 17.3 Å². The number of sulfone groups is 1. The van der Waals surface area contributed by atoms with Crippen LogP contribution >= 0.6 is 0 Å². The van der Waals surface area contributed by atoms with Crippen molar-refractivity contribution in [3.63, 3.8) is 0 Å². The van der Waals surface area contributed by atoms with Crippen molar-refractivity contribution in [2.45, 2.75) is 19.8 Å². The standard InChI is InChI=1S/C11H25N3O3S/c1-3-18(15,16)10-4-6-14(8-9-17-2)7-5-11(12)13/h3-10H2,1-2H3,(H3,12,13). The first-order chi connectivity index (χ1) is 8.41. The van der Waals surface area contributed by atoms with Gasteiger partial charge in [-0.1, -0.05) is 6.92 Å². The van der Waals surface area contributed by atoms with E-state index in [1.165, 1.54) is 0 Å². The summed E-state index contributed by atoms with van der Waals surface area (Å²) in [7, 11) is -1.26. The van der Waals surface area contributed by atoms with E-state index < -0.39 is 9.84 Å². The van der Waals surface area contributed by atoms with Gasteiger partial charge in [0.25, 0.3) is 0 Å². The summed E-state index contributed by atoms with van der Waals surface area (Å²) in [6, 6.07) is 0. The minimum atomic E-state index is -2.89. The fraction of sp³-hybridized carbons (Fsp3) is 0.909. The van der Waals surface area contributed by atoms with E-state index in [2.05, 4.69) is 4.90 Å². The Morgan fingerprint density at radius 2 is 2.00 bits per heavy atom. The molecule has 3 N–H and O–H groups in total. The van der Waals surface area contributed by atoms with Crippen LogP contribution in [0.3, 0.4) is 0 Å². The molecule has 0 heterocycles. The largest absolute Gasteiger partial charge is 0.388 e. The Hall–Kier alpha value is -0.660. The number of hydrogen-bond donors (Lipinski definition) is 2. The average molecular weight is 279 g/mol. The van der Waals surface area contributed by atoms with Gasteiger partial charge in [-0.05, 0) is 13.0 Å². The highest BCUT2D eigenvalue weighted by Crippen LogP contribution is 1.99. The quantitative estimate of drug-likeness (QED) is 0.412. The van der Waals surface area contributed by atoms with Crippen molar-refractivity contribution < 1.29 is 13.2 Å². The van der Waals surface area contributed by atoms with E-state index in [9.17, 15) is 8.42 Å². The molecule has 0 rings (SSSR count). The molecule has 0 aliphatic carbocycles. The number of nitrogens with two attached hydrogens (primary N) is 1. The van der Waals surface area contributed by atoms with Crippen LogP contribution in [0.15, 0.2) is 0 Å². The maximum atomic E-state index is 11.4. The van der Waals surface area contributed by atoms with Crippen LogP contribution in [-0.2, 0) is 14.6 Å². The first-order valence-electron chi connectivity index (χ1n) is 6.16. The van der Waals surface area contributed by atoms with Crippen molar-refractivity contribution in [1.29, 1.82) is 5.41 Å². The number of methoxy groups -OCH3 is 1. The van der Waals surface area contributed by atoms with Gasteiger partial charge in [0.2, 0.25) is 0 Å². The first kappa shape index (κ1) is 17.3. The summed E-state index contributed by atoms with van der Waals surface area (Å²) in [5, 5.41) is 7.19. The molecule has 0 saturated carbocycles. The van der Waals surface area contributed by atoms with Crippen molar-refractivity contribution in [3.05, 3.63) is 0 Å². The van der Waals surface area contributed by atoms with Crippen LogP contribution in [0.1, 0.15) is 19.8 Å². The highest BCUT2D eigenvalue weighted by atomic mass is 32.2. The van der Waals surface area contributed by atoms with Gasteiger partial charge < -0.3 is 15.4 Å². The number of amidine groups is 1. The lowest BCUT2D eigenvalue weighted by Crippen LogP contribution is -2.32. The third kappa shape index (κ3) is 9.38. The Kier molecular flexibility index (Phi) is 8.95. The van der Waals surface area contributed by atoms with Crippen molar-refractivity contribution >= 4 is 15.7 Å². The average Bonchev–Trinajstić information content (AvgIpc) is 2.31. The van der Waals surface area contributed by atoms with Gasteiger partial charge in [-0.15, -0.1) is 0 Å². The van der Waals surface area contributed by atoms with Gasteiger partial charge in [0.15, 0.2) is 0 Å². The lowest BCUT2D eigenvalue weighted by atomic mass is 10.3. The predicted molar refractivity (Wildman–Crippen MR) is 73.8 cm³/mol. The van der Waals surface area contributed by atoms with Gasteiger partial charge >= 0.3 is 0 Å². The molecule has 108 valence electrons. The Morgan fingerprint density at radius 3 is 2.50 bits per heavy atom. The summed E-state index contributed by atoms with van der Waals surface area (Å²) in [6.07, 6.45) is 1.11. The predicted octanol–water partition coefficient (Wildman–Crippen LogP) is 0.0857. The molecule has 0 aromatic carbocycles. The monoisotopic (exact) mass is 279 g/mol. The van der Waals surface area contributed by atoms with Gasteiger partial charge in [0, 0.05) is 32.4 Å². The van der Waals surface area contributed by atoms with E-state index in [4.69, 9.17) is 15.9 Å². The van der Waals surface area contributed by atoms with E-state index in [1.807, 2.05) is 0 Å². The van der Waals surface area contributed by atoms with Crippen LogP contribution in [0.5, 0.6) is 0 Å². The molecular weight excluding hydrogens is 254 g/mol. The molecular formula is C11H25N3O3S. The molecule has 0 spiro atoms. The van der Waals surface area contributed by atoms with Crippen molar-refractivity contribution in [1.82, 2.24) is 4.90 Å². The van der Waals surface area contributed by atoms with Crippen LogP contribution in [0.4, 0.5) is 0 Å². The van der Waals surface area contributed by atoms with E-state index in [0.29, 0.717) is 32.5 Å². The molecule has 0 saturated heterocycles. The molecule has 18 heavy (non-hydrogen) atoms. The lowest BCUT2D eigenvalue weighted by molar-refractivity contribution is 0.149. The zero-order chi connectivity index (χ0) is 14.0. The smallest absolute Gasteiger partial charge is 0.150 e. The fourth-order valence-corrected chi connectivity index (χ4v) is 2.34. The van der Waals surface area contributed by atoms with Crippen molar-refractivity contribution in [3.8, 4) is 0 Å². The zero-order valence-electron chi connectivity index (χ0n) is 11.3. The SMILES string of the molecule is CCS(=O)(=O)CCCN(CCOC)CCC(=N)N. The molecule has 0 aromatic heterocycles. The highest BCUT2D eigenvalue weighted by Gasteiger charge is 2.10. The second kappa shape index (κ2) is 9.29. The Bertz CT molecular complexity index is 330. The first-order valence-corrected chi connectivity index (χ1v) is 7.98. The van der Waals surface area contributed by atoms with Crippen LogP contribution in [0, 0.1) is 5.41 Å². The van der Waals surface area contributed by atoms with Crippen LogP contribution < -0.4 is 5.73 Å². The fourth-order valence-electron chi connectivity index (χ4n) is 1.49. The summed E-state index contributed by atoms with van der Waals surface area (Å²) in [4.78, 5) is 2.08. The summed E-state index contributed by atoms with van der Waals surface area (Å²) in [6.45, 7) is 4.35. The highest BCUT2D eigenvalue weighted by molar-refractivity contribution is 7.91. The Balaban J connectivity index is 4.03. The van der Waals surface area contributed by atoms with Crippen LogP contribution in [0.25, 0.3) is 0 Å². The molecule has 0 bridgehead atoms. The number of nitrogens with zero attached hydrogens (tertiary/aromatic N) is 1. The summed E-state index contributed by atoms with van der Waals surface area (Å²) < 4.78 is 27.7. The van der Waals surface area contributed by atoms with Gasteiger partial charge in [0.1, 0.15) is 9.84 Å². The number of rotatable bonds is 11. The van der Waals surface area contributed by atoms with Crippen molar-refractivity contribution in [2.24, 2.45) is 5.73 Å². The zero-order valence-corrected chi connectivity index (χ0v) is 12.1. The van der Waals surface area contributed by atoms with Gasteiger partial charge in [-0.2, -0.15) is 0 Å². The topological polar surface area (TPSA) is 96.5 Å². The second-order valence-electron chi connectivity index (χ2n) is 4.20. The molecule has 0 aliphatic heterocycles. The maximum absolute atomic E-state index is 11.4. The van der Waals surface area contributed by atoms with E-state index in [1.54, 1.807) is 14.0 Å². The molecule has 0 amide bonds.